The number of benzene rings is 1. The minimum absolute atomic E-state index is 0.0410. The first kappa shape index (κ1) is 18.6. The molecule has 10 heteroatoms. The Morgan fingerprint density at radius 3 is 2.24 bits per heavy atom. The highest BCUT2D eigenvalue weighted by atomic mass is 19.4. The molecule has 0 radical (unpaired) electrons. The summed E-state index contributed by atoms with van der Waals surface area (Å²) in [7, 11) is 0. The van der Waals surface area contributed by atoms with Gasteiger partial charge in [-0.2, -0.15) is 26.3 Å². The Balaban J connectivity index is 2.11. The van der Waals surface area contributed by atoms with E-state index in [-0.39, 0.29) is 16.9 Å². The molecule has 0 saturated heterocycles. The summed E-state index contributed by atoms with van der Waals surface area (Å²) in [4.78, 5) is 15.3. The molecule has 1 aromatic heterocycles. The van der Waals surface area contributed by atoms with Gasteiger partial charge in [-0.05, 0) is 37.3 Å². The minimum Gasteiger partial charge on any atom is -0.298 e. The Morgan fingerprint density at radius 2 is 1.68 bits per heavy atom. The second kappa shape index (κ2) is 6.61. The van der Waals surface area contributed by atoms with Gasteiger partial charge in [-0.3, -0.25) is 15.6 Å². The number of anilines is 1. The lowest BCUT2D eigenvalue weighted by Crippen LogP contribution is -2.30. The standard InChI is InChI=1S/C15H11F6N3O/c1-8-11(5-6-12(22-8)15(19,20)21)13(25)24-23-10-4-2-3-9(7-10)14(16,17)18/h2-7,23H,1H3,(H,24,25). The number of nitrogens with one attached hydrogen (secondary N) is 2. The fourth-order valence-corrected chi connectivity index (χ4v) is 1.93. The van der Waals surface area contributed by atoms with Crippen molar-refractivity contribution in [3.63, 3.8) is 0 Å². The Kier molecular flexibility index (Phi) is 4.91. The molecule has 25 heavy (non-hydrogen) atoms. The molecular formula is C15H11F6N3O. The Hall–Kier alpha value is -2.78. The van der Waals surface area contributed by atoms with Crippen LogP contribution in [0.4, 0.5) is 32.0 Å². The summed E-state index contributed by atoms with van der Waals surface area (Å²) in [6.07, 6.45) is -9.19. The third-order valence-corrected chi connectivity index (χ3v) is 3.13. The maximum Gasteiger partial charge on any atom is 0.433 e. The van der Waals surface area contributed by atoms with Crippen molar-refractivity contribution in [2.45, 2.75) is 19.3 Å². The van der Waals surface area contributed by atoms with E-state index >= 15 is 0 Å². The van der Waals surface area contributed by atoms with Gasteiger partial charge in [-0.25, -0.2) is 4.98 Å². The molecule has 2 N–H and O–H groups in total. The van der Waals surface area contributed by atoms with Gasteiger partial charge in [0, 0.05) is 0 Å². The molecule has 2 aromatic rings. The van der Waals surface area contributed by atoms with Crippen molar-refractivity contribution in [3.05, 3.63) is 58.9 Å². The van der Waals surface area contributed by atoms with Crippen LogP contribution in [0.1, 0.15) is 27.3 Å². The van der Waals surface area contributed by atoms with Gasteiger partial charge < -0.3 is 0 Å². The number of aromatic nitrogens is 1. The largest absolute Gasteiger partial charge is 0.433 e. The van der Waals surface area contributed by atoms with E-state index in [1.54, 1.807) is 0 Å². The first-order chi connectivity index (χ1) is 11.5. The summed E-state index contributed by atoms with van der Waals surface area (Å²) in [5, 5.41) is 0. The van der Waals surface area contributed by atoms with Crippen LogP contribution in [0.3, 0.4) is 0 Å². The highest BCUT2D eigenvalue weighted by Gasteiger charge is 2.33. The van der Waals surface area contributed by atoms with Crippen LogP contribution in [0.2, 0.25) is 0 Å². The molecule has 134 valence electrons. The van der Waals surface area contributed by atoms with E-state index in [9.17, 15) is 31.1 Å². The van der Waals surface area contributed by atoms with E-state index < -0.39 is 29.5 Å². The molecule has 0 spiro atoms. The normalized spacial score (nSPS) is 12.0. The van der Waals surface area contributed by atoms with Crippen molar-refractivity contribution in [3.8, 4) is 0 Å². The quantitative estimate of drug-likeness (QED) is 0.635. The van der Waals surface area contributed by atoms with Crippen LogP contribution in [0, 0.1) is 6.92 Å². The molecule has 4 nitrogen and oxygen atoms in total. The Morgan fingerprint density at radius 1 is 1.00 bits per heavy atom. The lowest BCUT2D eigenvalue weighted by atomic mass is 10.1. The van der Waals surface area contributed by atoms with Gasteiger partial charge in [-0.1, -0.05) is 6.07 Å². The van der Waals surface area contributed by atoms with Crippen molar-refractivity contribution in [1.82, 2.24) is 10.4 Å². The molecular weight excluding hydrogens is 352 g/mol. The SMILES string of the molecule is Cc1nc(C(F)(F)F)ccc1C(=O)NNc1cccc(C(F)(F)F)c1. The number of hydrogen-bond donors (Lipinski definition) is 2. The molecule has 1 aromatic carbocycles. The average molecular weight is 363 g/mol. The third-order valence-electron chi connectivity index (χ3n) is 3.13. The number of carbonyl (C=O) groups excluding carboxylic acids is 1. The monoisotopic (exact) mass is 363 g/mol. The van der Waals surface area contributed by atoms with Crippen LogP contribution in [0.5, 0.6) is 0 Å². The number of nitrogens with zero attached hydrogens (tertiary/aromatic N) is 1. The van der Waals surface area contributed by atoms with Crippen molar-refractivity contribution >= 4 is 11.6 Å². The number of pyridine rings is 1. The molecule has 0 aliphatic heterocycles. The molecule has 2 rings (SSSR count). The number of hydrogen-bond acceptors (Lipinski definition) is 3. The molecule has 0 atom stereocenters. The topological polar surface area (TPSA) is 54.0 Å². The fourth-order valence-electron chi connectivity index (χ4n) is 1.93. The number of amides is 1. The van der Waals surface area contributed by atoms with E-state index in [1.165, 1.54) is 13.0 Å². The van der Waals surface area contributed by atoms with Gasteiger partial charge in [-0.15, -0.1) is 0 Å². The zero-order valence-electron chi connectivity index (χ0n) is 12.6. The van der Waals surface area contributed by atoms with Crippen LogP contribution in [0.15, 0.2) is 36.4 Å². The van der Waals surface area contributed by atoms with Crippen molar-refractivity contribution in [2.24, 2.45) is 0 Å². The maximum atomic E-state index is 12.6. The molecule has 0 saturated carbocycles. The molecule has 0 bridgehead atoms. The van der Waals surface area contributed by atoms with Gasteiger partial charge in [0.25, 0.3) is 5.91 Å². The van der Waals surface area contributed by atoms with Crippen LogP contribution >= 0.6 is 0 Å². The molecule has 0 aliphatic rings. The summed E-state index contributed by atoms with van der Waals surface area (Å²) < 4.78 is 75.4. The van der Waals surface area contributed by atoms with E-state index in [1.807, 2.05) is 0 Å². The number of rotatable bonds is 3. The molecule has 1 amide bonds. The summed E-state index contributed by atoms with van der Waals surface area (Å²) >= 11 is 0. The second-order valence-electron chi connectivity index (χ2n) is 4.98. The van der Waals surface area contributed by atoms with Crippen LogP contribution in [0.25, 0.3) is 0 Å². The number of alkyl halides is 6. The number of carbonyl (C=O) groups is 1. The summed E-state index contributed by atoms with van der Waals surface area (Å²) in [6, 6.07) is 5.64. The van der Waals surface area contributed by atoms with Crippen LogP contribution in [-0.2, 0) is 12.4 Å². The van der Waals surface area contributed by atoms with Gasteiger partial charge in [0.1, 0.15) is 5.69 Å². The first-order valence-electron chi connectivity index (χ1n) is 6.77. The molecule has 0 fully saturated rings. The smallest absolute Gasteiger partial charge is 0.298 e. The highest BCUT2D eigenvalue weighted by molar-refractivity contribution is 5.95. The second-order valence-corrected chi connectivity index (χ2v) is 4.98. The van der Waals surface area contributed by atoms with Crippen molar-refractivity contribution in [2.75, 3.05) is 5.43 Å². The zero-order valence-corrected chi connectivity index (χ0v) is 12.6. The molecule has 0 unspecified atom stereocenters. The van der Waals surface area contributed by atoms with E-state index in [0.29, 0.717) is 6.07 Å². The average Bonchev–Trinajstić information content (AvgIpc) is 2.51. The van der Waals surface area contributed by atoms with Gasteiger partial charge >= 0.3 is 12.4 Å². The predicted molar refractivity (Wildman–Crippen MR) is 76.5 cm³/mol. The summed E-state index contributed by atoms with van der Waals surface area (Å²) in [6.45, 7) is 1.22. The zero-order chi connectivity index (χ0) is 18.8. The van der Waals surface area contributed by atoms with Crippen LogP contribution < -0.4 is 10.9 Å². The minimum atomic E-state index is -4.64. The molecule has 0 aliphatic carbocycles. The maximum absolute atomic E-state index is 12.6. The number of halogens is 6. The van der Waals surface area contributed by atoms with E-state index in [0.717, 1.165) is 24.3 Å². The summed E-state index contributed by atoms with van der Waals surface area (Å²) in [5.41, 5.74) is 1.97. The lowest BCUT2D eigenvalue weighted by molar-refractivity contribution is -0.141. The fraction of sp³-hybridized carbons (Fsp3) is 0.200. The lowest BCUT2D eigenvalue weighted by Gasteiger charge is -2.13. The number of hydrazine groups is 1. The predicted octanol–water partition coefficient (Wildman–Crippen LogP) is 4.18. The Labute approximate surface area is 137 Å². The van der Waals surface area contributed by atoms with Crippen LogP contribution in [-0.4, -0.2) is 10.9 Å². The van der Waals surface area contributed by atoms with E-state index in [4.69, 9.17) is 0 Å². The first-order valence-corrected chi connectivity index (χ1v) is 6.77. The highest BCUT2D eigenvalue weighted by Crippen LogP contribution is 2.30. The third kappa shape index (κ3) is 4.61. The van der Waals surface area contributed by atoms with Crippen molar-refractivity contribution in [1.29, 1.82) is 0 Å². The summed E-state index contributed by atoms with van der Waals surface area (Å²) in [5.74, 6) is -0.837. The van der Waals surface area contributed by atoms with Gasteiger partial charge in [0.2, 0.25) is 0 Å². The van der Waals surface area contributed by atoms with Crippen molar-refractivity contribution < 1.29 is 31.1 Å². The Bertz CT molecular complexity index is 786. The van der Waals surface area contributed by atoms with Gasteiger partial charge in [0.05, 0.1) is 22.5 Å². The van der Waals surface area contributed by atoms with Gasteiger partial charge in [0.15, 0.2) is 0 Å². The number of aryl methyl sites for hydroxylation is 1. The van der Waals surface area contributed by atoms with E-state index in [2.05, 4.69) is 15.8 Å². The molecule has 1 heterocycles.